The summed E-state index contributed by atoms with van der Waals surface area (Å²) < 4.78 is 0. The minimum absolute atomic E-state index is 0.691. The first-order valence-corrected chi connectivity index (χ1v) is 4.02. The van der Waals surface area contributed by atoms with Crippen LogP contribution in [0.1, 0.15) is 33.6 Å². The van der Waals surface area contributed by atoms with E-state index in [1.54, 1.807) is 0 Å². The van der Waals surface area contributed by atoms with Gasteiger partial charge in [0.1, 0.15) is 0 Å². The van der Waals surface area contributed by atoms with Crippen molar-refractivity contribution in [3.8, 4) is 0 Å². The van der Waals surface area contributed by atoms with E-state index >= 15 is 0 Å². The molecule has 2 nitrogen and oxygen atoms in total. The summed E-state index contributed by atoms with van der Waals surface area (Å²) in [5, 5.41) is 7.36. The van der Waals surface area contributed by atoms with Crippen LogP contribution in [0.3, 0.4) is 0 Å². The van der Waals surface area contributed by atoms with E-state index in [1.807, 2.05) is 6.92 Å². The summed E-state index contributed by atoms with van der Waals surface area (Å²) in [6, 6.07) is 0. The highest BCUT2D eigenvalue weighted by Crippen LogP contribution is 1.94. The van der Waals surface area contributed by atoms with Gasteiger partial charge in [0, 0.05) is 13.1 Å². The topological polar surface area (TPSA) is 27.1 Å². The van der Waals surface area contributed by atoms with Gasteiger partial charge < -0.3 is 4.90 Å². The zero-order valence-corrected chi connectivity index (χ0v) is 7.28. The average Bonchev–Trinajstić information content (AvgIpc) is 1.89. The monoisotopic (exact) mass is 142 g/mol. The van der Waals surface area contributed by atoms with Gasteiger partial charge in [0.25, 0.3) is 0 Å². The van der Waals surface area contributed by atoms with Gasteiger partial charge in [-0.15, -0.1) is 0 Å². The van der Waals surface area contributed by atoms with Crippen molar-refractivity contribution in [2.45, 2.75) is 33.6 Å². The Hall–Kier alpha value is -0.530. The molecule has 0 aromatic heterocycles. The molecular formula is C8H18N2. The van der Waals surface area contributed by atoms with Crippen molar-refractivity contribution < 1.29 is 0 Å². The Morgan fingerprint density at radius 3 is 2.30 bits per heavy atom. The summed E-state index contributed by atoms with van der Waals surface area (Å²) in [7, 11) is 0. The first-order valence-electron chi connectivity index (χ1n) is 4.02. The van der Waals surface area contributed by atoms with E-state index < -0.39 is 0 Å². The Labute approximate surface area is 63.7 Å². The molecule has 0 saturated heterocycles. The summed E-state index contributed by atoms with van der Waals surface area (Å²) in [4.78, 5) is 2.09. The second-order valence-corrected chi connectivity index (χ2v) is 2.52. The summed E-state index contributed by atoms with van der Waals surface area (Å²) >= 11 is 0. The van der Waals surface area contributed by atoms with Crippen LogP contribution in [-0.2, 0) is 0 Å². The van der Waals surface area contributed by atoms with Gasteiger partial charge in [-0.3, -0.25) is 5.41 Å². The number of hydrogen-bond acceptors (Lipinski definition) is 1. The maximum absolute atomic E-state index is 7.36. The molecule has 0 radical (unpaired) electrons. The molecule has 1 N–H and O–H groups in total. The van der Waals surface area contributed by atoms with Gasteiger partial charge in [-0.25, -0.2) is 0 Å². The standard InChI is InChI=1S/C8H18N2/c1-4-6-7-10(5-2)8(3)9/h9H,4-7H2,1-3H3. The number of rotatable bonds is 4. The molecule has 0 aliphatic rings. The third-order valence-corrected chi connectivity index (χ3v) is 1.64. The number of nitrogens with zero attached hydrogens (tertiary/aromatic N) is 1. The molecule has 0 heterocycles. The Morgan fingerprint density at radius 2 is 2.00 bits per heavy atom. The minimum Gasteiger partial charge on any atom is -0.361 e. The highest BCUT2D eigenvalue weighted by atomic mass is 15.1. The largest absolute Gasteiger partial charge is 0.361 e. The summed E-state index contributed by atoms with van der Waals surface area (Å²) in [5.41, 5.74) is 0. The molecule has 0 atom stereocenters. The maximum Gasteiger partial charge on any atom is 0.0925 e. The Kier molecular flexibility index (Phi) is 4.99. The van der Waals surface area contributed by atoms with Gasteiger partial charge in [-0.05, 0) is 20.3 Å². The molecule has 0 amide bonds. The van der Waals surface area contributed by atoms with Crippen molar-refractivity contribution >= 4 is 5.84 Å². The van der Waals surface area contributed by atoms with Crippen molar-refractivity contribution in [2.75, 3.05) is 13.1 Å². The zero-order valence-electron chi connectivity index (χ0n) is 7.28. The van der Waals surface area contributed by atoms with Crippen LogP contribution in [0, 0.1) is 5.41 Å². The molecule has 0 fully saturated rings. The summed E-state index contributed by atoms with van der Waals surface area (Å²) in [6.07, 6.45) is 2.41. The Balaban J connectivity index is 3.50. The van der Waals surface area contributed by atoms with Crippen molar-refractivity contribution in [2.24, 2.45) is 0 Å². The molecule has 0 aromatic rings. The molecule has 0 unspecified atom stereocenters. The Morgan fingerprint density at radius 1 is 1.40 bits per heavy atom. The second-order valence-electron chi connectivity index (χ2n) is 2.52. The number of hydrogen-bond donors (Lipinski definition) is 1. The molecule has 0 aromatic carbocycles. The molecule has 2 heteroatoms. The smallest absolute Gasteiger partial charge is 0.0925 e. The van der Waals surface area contributed by atoms with Crippen LogP contribution in [0.5, 0.6) is 0 Å². The van der Waals surface area contributed by atoms with Crippen molar-refractivity contribution in [3.63, 3.8) is 0 Å². The van der Waals surface area contributed by atoms with Crippen LogP contribution in [0.2, 0.25) is 0 Å². The molecule has 10 heavy (non-hydrogen) atoms. The number of amidine groups is 1. The Bertz CT molecular complexity index is 99.4. The number of unbranched alkanes of at least 4 members (excludes halogenated alkanes) is 1. The molecule has 0 aliphatic carbocycles. The van der Waals surface area contributed by atoms with Gasteiger partial charge in [0.15, 0.2) is 0 Å². The first-order chi connectivity index (χ1) is 4.72. The van der Waals surface area contributed by atoms with Crippen molar-refractivity contribution in [3.05, 3.63) is 0 Å². The second kappa shape index (κ2) is 5.27. The van der Waals surface area contributed by atoms with Crippen LogP contribution in [0.25, 0.3) is 0 Å². The van der Waals surface area contributed by atoms with E-state index in [1.165, 1.54) is 12.8 Å². The van der Waals surface area contributed by atoms with Crippen LogP contribution >= 0.6 is 0 Å². The minimum atomic E-state index is 0.691. The normalized spacial score (nSPS) is 9.50. The number of nitrogens with one attached hydrogen (secondary N) is 1. The van der Waals surface area contributed by atoms with E-state index in [2.05, 4.69) is 18.7 Å². The van der Waals surface area contributed by atoms with E-state index in [-0.39, 0.29) is 0 Å². The van der Waals surface area contributed by atoms with E-state index in [9.17, 15) is 0 Å². The molecular weight excluding hydrogens is 124 g/mol. The van der Waals surface area contributed by atoms with Crippen LogP contribution < -0.4 is 0 Å². The van der Waals surface area contributed by atoms with E-state index in [4.69, 9.17) is 5.41 Å². The molecule has 0 rings (SSSR count). The van der Waals surface area contributed by atoms with Gasteiger partial charge in [-0.1, -0.05) is 13.3 Å². The fourth-order valence-electron chi connectivity index (χ4n) is 0.912. The summed E-state index contributed by atoms with van der Waals surface area (Å²) in [5.74, 6) is 0.691. The molecule has 60 valence electrons. The lowest BCUT2D eigenvalue weighted by Gasteiger charge is -2.20. The van der Waals surface area contributed by atoms with Gasteiger partial charge in [-0.2, -0.15) is 0 Å². The molecule has 0 saturated carbocycles. The third kappa shape index (κ3) is 3.49. The highest BCUT2D eigenvalue weighted by Gasteiger charge is 1.99. The predicted octanol–water partition coefficient (Wildman–Crippen LogP) is 2.11. The SMILES string of the molecule is CCCCN(CC)C(C)=N. The van der Waals surface area contributed by atoms with Gasteiger partial charge in [0.2, 0.25) is 0 Å². The van der Waals surface area contributed by atoms with Gasteiger partial charge >= 0.3 is 0 Å². The van der Waals surface area contributed by atoms with Crippen molar-refractivity contribution in [1.82, 2.24) is 4.90 Å². The zero-order chi connectivity index (χ0) is 7.98. The van der Waals surface area contributed by atoms with Gasteiger partial charge in [0.05, 0.1) is 5.84 Å². The maximum atomic E-state index is 7.36. The lowest BCUT2D eigenvalue weighted by molar-refractivity contribution is 0.423. The summed E-state index contributed by atoms with van der Waals surface area (Å²) in [6.45, 7) is 8.12. The molecule has 0 aliphatic heterocycles. The fraction of sp³-hybridized carbons (Fsp3) is 0.875. The van der Waals surface area contributed by atoms with Crippen molar-refractivity contribution in [1.29, 1.82) is 5.41 Å². The van der Waals surface area contributed by atoms with E-state index in [0.29, 0.717) is 5.84 Å². The van der Waals surface area contributed by atoms with Crippen LogP contribution in [-0.4, -0.2) is 23.8 Å². The van der Waals surface area contributed by atoms with Crippen LogP contribution in [0.15, 0.2) is 0 Å². The molecule has 0 spiro atoms. The van der Waals surface area contributed by atoms with E-state index in [0.717, 1.165) is 13.1 Å². The quantitative estimate of drug-likeness (QED) is 0.472. The highest BCUT2D eigenvalue weighted by molar-refractivity contribution is 5.76. The fourth-order valence-corrected chi connectivity index (χ4v) is 0.912. The predicted molar refractivity (Wildman–Crippen MR) is 45.6 cm³/mol. The lowest BCUT2D eigenvalue weighted by atomic mass is 10.3. The third-order valence-electron chi connectivity index (χ3n) is 1.64. The lowest BCUT2D eigenvalue weighted by Crippen LogP contribution is -2.28. The molecule has 0 bridgehead atoms. The average molecular weight is 142 g/mol. The van der Waals surface area contributed by atoms with Crippen LogP contribution in [0.4, 0.5) is 0 Å². The first kappa shape index (κ1) is 9.47.